The fraction of sp³-hybridized carbons (Fsp3) is 0.429. The van der Waals surface area contributed by atoms with Gasteiger partial charge in [-0.05, 0) is 30.5 Å². The van der Waals surface area contributed by atoms with E-state index in [9.17, 15) is 9.59 Å². The number of halogens is 1. The van der Waals surface area contributed by atoms with Crippen LogP contribution in [0.1, 0.15) is 55.1 Å². The highest BCUT2D eigenvalue weighted by Crippen LogP contribution is 2.27. The molecule has 0 saturated heterocycles. The standard InChI is InChI=1S/C14H17ClO3/c1-3-4-9-13(18-10(2)16)11-7-5-6-8-12(11)14(15)17/h5-8,13H,3-4,9H2,1-2H3/t13-/m1/s1. The normalized spacial score (nSPS) is 11.9. The molecule has 0 aromatic heterocycles. The number of carbonyl (C=O) groups is 2. The Morgan fingerprint density at radius 2 is 2.00 bits per heavy atom. The van der Waals surface area contributed by atoms with Crippen LogP contribution in [0.5, 0.6) is 0 Å². The number of hydrogen-bond donors (Lipinski definition) is 0. The van der Waals surface area contributed by atoms with Crippen molar-refractivity contribution in [1.82, 2.24) is 0 Å². The van der Waals surface area contributed by atoms with Crippen molar-refractivity contribution in [2.45, 2.75) is 39.2 Å². The lowest BCUT2D eigenvalue weighted by molar-refractivity contribution is -0.147. The molecule has 0 heterocycles. The SMILES string of the molecule is CCCC[C@@H](OC(C)=O)c1ccccc1C(=O)Cl. The largest absolute Gasteiger partial charge is 0.458 e. The number of hydrogen-bond acceptors (Lipinski definition) is 3. The molecule has 1 aromatic rings. The van der Waals surface area contributed by atoms with Crippen LogP contribution < -0.4 is 0 Å². The Balaban J connectivity index is 3.03. The average molecular weight is 269 g/mol. The lowest BCUT2D eigenvalue weighted by atomic mass is 9.99. The zero-order chi connectivity index (χ0) is 13.5. The summed E-state index contributed by atoms with van der Waals surface area (Å²) in [6.07, 6.45) is 2.20. The van der Waals surface area contributed by atoms with Gasteiger partial charge in [0.25, 0.3) is 5.24 Å². The number of ether oxygens (including phenoxy) is 1. The van der Waals surface area contributed by atoms with Crippen LogP contribution in [-0.4, -0.2) is 11.2 Å². The first-order valence-electron chi connectivity index (χ1n) is 6.02. The Morgan fingerprint density at radius 1 is 1.33 bits per heavy atom. The molecule has 18 heavy (non-hydrogen) atoms. The van der Waals surface area contributed by atoms with E-state index in [1.165, 1.54) is 6.92 Å². The molecule has 3 nitrogen and oxygen atoms in total. The summed E-state index contributed by atoms with van der Waals surface area (Å²) < 4.78 is 5.28. The molecule has 1 aromatic carbocycles. The summed E-state index contributed by atoms with van der Waals surface area (Å²) >= 11 is 5.54. The van der Waals surface area contributed by atoms with Gasteiger partial charge in [0.15, 0.2) is 0 Å². The molecule has 0 bridgehead atoms. The summed E-state index contributed by atoms with van der Waals surface area (Å²) in [5.41, 5.74) is 1.09. The van der Waals surface area contributed by atoms with Crippen LogP contribution in [-0.2, 0) is 9.53 Å². The average Bonchev–Trinajstić information content (AvgIpc) is 2.34. The quantitative estimate of drug-likeness (QED) is 0.581. The van der Waals surface area contributed by atoms with Gasteiger partial charge in [0.2, 0.25) is 0 Å². The minimum Gasteiger partial charge on any atom is -0.458 e. The summed E-state index contributed by atoms with van der Waals surface area (Å²) in [6, 6.07) is 6.97. The minimum atomic E-state index is -0.528. The van der Waals surface area contributed by atoms with E-state index in [0.717, 1.165) is 12.8 Å². The van der Waals surface area contributed by atoms with Gasteiger partial charge in [0, 0.05) is 18.1 Å². The van der Waals surface area contributed by atoms with Crippen molar-refractivity contribution in [2.75, 3.05) is 0 Å². The van der Waals surface area contributed by atoms with Gasteiger partial charge in [0.1, 0.15) is 6.10 Å². The summed E-state index contributed by atoms with van der Waals surface area (Å²) in [4.78, 5) is 22.5. The zero-order valence-electron chi connectivity index (χ0n) is 10.6. The number of carbonyl (C=O) groups excluding carboxylic acids is 2. The maximum Gasteiger partial charge on any atom is 0.303 e. The van der Waals surface area contributed by atoms with Crippen molar-refractivity contribution in [3.05, 3.63) is 35.4 Å². The molecule has 0 amide bonds. The van der Waals surface area contributed by atoms with Crippen molar-refractivity contribution < 1.29 is 14.3 Å². The second-order valence-electron chi connectivity index (χ2n) is 4.10. The lowest BCUT2D eigenvalue weighted by Gasteiger charge is -2.19. The molecular weight excluding hydrogens is 252 g/mol. The Labute approximate surface area is 112 Å². The molecule has 0 N–H and O–H groups in total. The third-order valence-electron chi connectivity index (χ3n) is 2.65. The minimum absolute atomic E-state index is 0.354. The second kappa shape index (κ2) is 7.17. The van der Waals surface area contributed by atoms with Crippen LogP contribution in [0, 0.1) is 0 Å². The monoisotopic (exact) mass is 268 g/mol. The summed E-state index contributed by atoms with van der Waals surface area (Å²) in [7, 11) is 0. The first-order valence-corrected chi connectivity index (χ1v) is 6.40. The molecule has 0 fully saturated rings. The summed E-state index contributed by atoms with van der Waals surface area (Å²) in [5.74, 6) is -0.354. The predicted molar refractivity (Wildman–Crippen MR) is 70.7 cm³/mol. The van der Waals surface area contributed by atoms with E-state index < -0.39 is 11.3 Å². The van der Waals surface area contributed by atoms with E-state index in [0.29, 0.717) is 17.5 Å². The van der Waals surface area contributed by atoms with Crippen LogP contribution >= 0.6 is 11.6 Å². The molecule has 1 atom stereocenters. The Hall–Kier alpha value is -1.35. The van der Waals surface area contributed by atoms with E-state index in [1.54, 1.807) is 24.3 Å². The van der Waals surface area contributed by atoms with Gasteiger partial charge < -0.3 is 4.74 Å². The third-order valence-corrected chi connectivity index (χ3v) is 2.85. The molecule has 0 radical (unpaired) electrons. The van der Waals surface area contributed by atoms with Crippen molar-refractivity contribution in [2.24, 2.45) is 0 Å². The van der Waals surface area contributed by atoms with Gasteiger partial charge in [-0.25, -0.2) is 0 Å². The molecule has 98 valence electrons. The molecule has 0 unspecified atom stereocenters. The van der Waals surface area contributed by atoms with Crippen molar-refractivity contribution in [1.29, 1.82) is 0 Å². The van der Waals surface area contributed by atoms with Crippen molar-refractivity contribution >= 4 is 22.8 Å². The first kappa shape index (κ1) is 14.7. The van der Waals surface area contributed by atoms with Crippen molar-refractivity contribution in [3.8, 4) is 0 Å². The van der Waals surface area contributed by atoms with Gasteiger partial charge in [0.05, 0.1) is 0 Å². The van der Waals surface area contributed by atoms with Gasteiger partial charge in [-0.3, -0.25) is 9.59 Å². The second-order valence-corrected chi connectivity index (χ2v) is 4.44. The molecule has 0 aliphatic rings. The highest BCUT2D eigenvalue weighted by atomic mass is 35.5. The fourth-order valence-electron chi connectivity index (χ4n) is 1.82. The van der Waals surface area contributed by atoms with Crippen molar-refractivity contribution in [3.63, 3.8) is 0 Å². The molecule has 4 heteroatoms. The third kappa shape index (κ3) is 4.15. The maximum absolute atomic E-state index is 11.4. The molecule has 0 aliphatic heterocycles. The topological polar surface area (TPSA) is 43.4 Å². The van der Waals surface area contributed by atoms with Crippen LogP contribution in [0.4, 0.5) is 0 Å². The Kier molecular flexibility index (Phi) is 5.86. The first-order chi connectivity index (χ1) is 8.56. The van der Waals surface area contributed by atoms with Crippen LogP contribution in [0.15, 0.2) is 24.3 Å². The van der Waals surface area contributed by atoms with E-state index in [4.69, 9.17) is 16.3 Å². The molecule has 0 aliphatic carbocycles. The van der Waals surface area contributed by atoms with Crippen LogP contribution in [0.2, 0.25) is 0 Å². The van der Waals surface area contributed by atoms with E-state index in [2.05, 4.69) is 6.92 Å². The highest BCUT2D eigenvalue weighted by molar-refractivity contribution is 6.67. The number of esters is 1. The summed E-state index contributed by atoms with van der Waals surface area (Å²) in [6.45, 7) is 3.42. The predicted octanol–water partition coefficient (Wildman–Crippen LogP) is 3.86. The van der Waals surface area contributed by atoms with E-state index in [-0.39, 0.29) is 5.97 Å². The summed E-state index contributed by atoms with van der Waals surface area (Å²) in [5, 5.41) is -0.528. The number of rotatable bonds is 6. The van der Waals surface area contributed by atoms with Gasteiger partial charge in [-0.15, -0.1) is 0 Å². The van der Waals surface area contributed by atoms with Gasteiger partial charge >= 0.3 is 5.97 Å². The zero-order valence-corrected chi connectivity index (χ0v) is 11.4. The van der Waals surface area contributed by atoms with Crippen LogP contribution in [0.3, 0.4) is 0 Å². The molecule has 0 spiro atoms. The van der Waals surface area contributed by atoms with E-state index in [1.807, 2.05) is 0 Å². The highest BCUT2D eigenvalue weighted by Gasteiger charge is 2.20. The lowest BCUT2D eigenvalue weighted by Crippen LogP contribution is -2.11. The number of unbranched alkanes of at least 4 members (excludes halogenated alkanes) is 1. The Bertz CT molecular complexity index is 429. The molecule has 1 rings (SSSR count). The Morgan fingerprint density at radius 3 is 2.56 bits per heavy atom. The van der Waals surface area contributed by atoms with Gasteiger partial charge in [-0.1, -0.05) is 31.5 Å². The fourth-order valence-corrected chi connectivity index (χ4v) is 2.00. The smallest absolute Gasteiger partial charge is 0.303 e. The van der Waals surface area contributed by atoms with Crippen LogP contribution in [0.25, 0.3) is 0 Å². The molecular formula is C14H17ClO3. The molecule has 0 saturated carbocycles. The number of benzene rings is 1. The van der Waals surface area contributed by atoms with E-state index >= 15 is 0 Å². The van der Waals surface area contributed by atoms with Gasteiger partial charge in [-0.2, -0.15) is 0 Å². The maximum atomic E-state index is 11.4.